The summed E-state index contributed by atoms with van der Waals surface area (Å²) in [6, 6.07) is 5.65. The zero-order chi connectivity index (χ0) is 12.0. The Bertz CT molecular complexity index is 380. The van der Waals surface area contributed by atoms with Crippen LogP contribution in [-0.2, 0) is 6.42 Å². The van der Waals surface area contributed by atoms with Crippen LogP contribution in [0.15, 0.2) is 23.4 Å². The van der Waals surface area contributed by atoms with E-state index in [1.807, 2.05) is 19.1 Å². The summed E-state index contributed by atoms with van der Waals surface area (Å²) < 4.78 is 0. The second-order valence-corrected chi connectivity index (χ2v) is 4.44. The zero-order valence-corrected chi connectivity index (χ0v) is 11.9. The summed E-state index contributed by atoms with van der Waals surface area (Å²) in [5, 5.41) is 13.1. The van der Waals surface area contributed by atoms with Gasteiger partial charge in [-0.3, -0.25) is 0 Å². The van der Waals surface area contributed by atoms with E-state index in [1.54, 1.807) is 6.07 Å². The molecule has 17 heavy (non-hydrogen) atoms. The average Bonchev–Trinajstić information content (AvgIpc) is 2.29. The van der Waals surface area contributed by atoms with Gasteiger partial charge in [0, 0.05) is 0 Å². The van der Waals surface area contributed by atoms with Gasteiger partial charge in [0.15, 0.2) is 0 Å². The molecule has 0 aliphatic heterocycles. The molecule has 0 bridgehead atoms. The van der Waals surface area contributed by atoms with Crippen LogP contribution in [0.2, 0.25) is 10.0 Å². The minimum absolute atomic E-state index is 0. The fourth-order valence-electron chi connectivity index (χ4n) is 1.49. The van der Waals surface area contributed by atoms with Crippen LogP contribution in [0.1, 0.15) is 31.7 Å². The summed E-state index contributed by atoms with van der Waals surface area (Å²) in [6.45, 7) is 1.98. The van der Waals surface area contributed by atoms with E-state index in [9.17, 15) is 0 Å². The first-order valence-electron chi connectivity index (χ1n) is 5.31. The Balaban J connectivity index is 0.00000256. The Morgan fingerprint density at radius 2 is 2.00 bits per heavy atom. The molecule has 2 nitrogen and oxygen atoms in total. The number of hydrogen-bond donors (Lipinski definition) is 1. The lowest BCUT2D eigenvalue weighted by molar-refractivity contribution is 0.316. The summed E-state index contributed by atoms with van der Waals surface area (Å²) in [5.41, 5.74) is 1.99. The Labute approximate surface area is 118 Å². The topological polar surface area (TPSA) is 32.6 Å². The van der Waals surface area contributed by atoms with Gasteiger partial charge in [0.05, 0.1) is 15.8 Å². The van der Waals surface area contributed by atoms with Gasteiger partial charge in [0.1, 0.15) is 0 Å². The molecule has 96 valence electrons. The van der Waals surface area contributed by atoms with Gasteiger partial charge in [-0.2, -0.15) is 0 Å². The number of oxime groups is 1. The maximum atomic E-state index is 8.65. The van der Waals surface area contributed by atoms with Crippen LogP contribution in [0.3, 0.4) is 0 Å². The van der Waals surface area contributed by atoms with Gasteiger partial charge in [-0.05, 0) is 43.4 Å². The van der Waals surface area contributed by atoms with Crippen molar-refractivity contribution in [1.82, 2.24) is 0 Å². The molecular weight excluding hydrogens is 280 g/mol. The highest BCUT2D eigenvalue weighted by molar-refractivity contribution is 6.42. The van der Waals surface area contributed by atoms with Gasteiger partial charge in [-0.1, -0.05) is 41.3 Å². The van der Waals surface area contributed by atoms with E-state index >= 15 is 0 Å². The molecule has 0 amide bonds. The van der Waals surface area contributed by atoms with E-state index in [0.29, 0.717) is 10.0 Å². The van der Waals surface area contributed by atoms with Crippen molar-refractivity contribution in [3.05, 3.63) is 33.8 Å². The fourth-order valence-corrected chi connectivity index (χ4v) is 1.81. The van der Waals surface area contributed by atoms with Crippen molar-refractivity contribution < 1.29 is 5.21 Å². The molecule has 0 aliphatic rings. The highest BCUT2D eigenvalue weighted by Crippen LogP contribution is 2.23. The molecule has 0 aromatic heterocycles. The molecule has 5 heteroatoms. The number of hydrogen-bond acceptors (Lipinski definition) is 2. The quantitative estimate of drug-likeness (QED) is 0.464. The molecule has 1 aromatic rings. The Morgan fingerprint density at radius 1 is 1.29 bits per heavy atom. The highest BCUT2D eigenvalue weighted by Gasteiger charge is 2.01. The van der Waals surface area contributed by atoms with Crippen LogP contribution < -0.4 is 0 Å². The lowest BCUT2D eigenvalue weighted by Crippen LogP contribution is -1.97. The van der Waals surface area contributed by atoms with Crippen LogP contribution in [0.4, 0.5) is 0 Å². The van der Waals surface area contributed by atoms with E-state index in [-0.39, 0.29) is 12.4 Å². The van der Waals surface area contributed by atoms with Crippen LogP contribution in [0, 0.1) is 0 Å². The van der Waals surface area contributed by atoms with Gasteiger partial charge in [0.2, 0.25) is 0 Å². The van der Waals surface area contributed by atoms with E-state index in [2.05, 4.69) is 5.16 Å². The SMILES string of the molecule is CCC(CCCc1ccc(Cl)c(Cl)c1)=NO.Cl. The lowest BCUT2D eigenvalue weighted by atomic mass is 10.1. The number of nitrogens with zero attached hydrogens (tertiary/aromatic N) is 1. The van der Waals surface area contributed by atoms with Gasteiger partial charge in [-0.25, -0.2) is 0 Å². The summed E-state index contributed by atoms with van der Waals surface area (Å²) >= 11 is 11.7. The average molecular weight is 297 g/mol. The van der Waals surface area contributed by atoms with Crippen molar-refractivity contribution >= 4 is 41.3 Å². The third-order valence-electron chi connectivity index (χ3n) is 2.46. The predicted molar refractivity (Wildman–Crippen MR) is 76.2 cm³/mol. The van der Waals surface area contributed by atoms with Gasteiger partial charge in [-0.15, -0.1) is 12.4 Å². The summed E-state index contributed by atoms with van der Waals surface area (Å²) in [4.78, 5) is 0. The molecular formula is C12H16Cl3NO. The van der Waals surface area contributed by atoms with Crippen molar-refractivity contribution in [3.63, 3.8) is 0 Å². The number of benzene rings is 1. The first kappa shape index (κ1) is 16.6. The van der Waals surface area contributed by atoms with E-state index < -0.39 is 0 Å². The molecule has 1 rings (SSSR count). The van der Waals surface area contributed by atoms with Crippen molar-refractivity contribution in [2.75, 3.05) is 0 Å². The lowest BCUT2D eigenvalue weighted by Gasteiger charge is -2.04. The monoisotopic (exact) mass is 295 g/mol. The third kappa shape index (κ3) is 5.62. The molecule has 0 spiro atoms. The second kappa shape index (κ2) is 8.62. The smallest absolute Gasteiger partial charge is 0.0595 e. The van der Waals surface area contributed by atoms with Crippen LogP contribution in [-0.4, -0.2) is 10.9 Å². The standard InChI is InChI=1S/C12H15Cl2NO.ClH/c1-2-10(15-16)5-3-4-9-6-7-11(13)12(14)8-9;/h6-8,16H,2-5H2,1H3;1H. The summed E-state index contributed by atoms with van der Waals surface area (Å²) in [5.74, 6) is 0. The number of rotatable bonds is 5. The van der Waals surface area contributed by atoms with Gasteiger partial charge < -0.3 is 5.21 Å². The first-order valence-corrected chi connectivity index (χ1v) is 6.06. The number of aryl methyl sites for hydroxylation is 1. The zero-order valence-electron chi connectivity index (χ0n) is 9.62. The van der Waals surface area contributed by atoms with Gasteiger partial charge in [0.25, 0.3) is 0 Å². The van der Waals surface area contributed by atoms with E-state index in [4.69, 9.17) is 28.4 Å². The first-order chi connectivity index (χ1) is 7.67. The molecule has 0 atom stereocenters. The Hall–Kier alpha value is -0.440. The fraction of sp³-hybridized carbons (Fsp3) is 0.417. The molecule has 0 radical (unpaired) electrons. The maximum Gasteiger partial charge on any atom is 0.0595 e. The highest BCUT2D eigenvalue weighted by atomic mass is 35.5. The maximum absolute atomic E-state index is 8.65. The molecule has 0 fully saturated rings. The number of halogens is 3. The normalized spacial score (nSPS) is 11.1. The third-order valence-corrected chi connectivity index (χ3v) is 3.20. The molecule has 0 aliphatic carbocycles. The predicted octanol–water partition coefficient (Wildman–Crippen LogP) is 4.98. The molecule has 0 unspecified atom stereocenters. The molecule has 0 saturated heterocycles. The second-order valence-electron chi connectivity index (χ2n) is 3.62. The minimum atomic E-state index is 0. The van der Waals surface area contributed by atoms with Crippen LogP contribution in [0.25, 0.3) is 0 Å². The molecule has 0 heterocycles. The Kier molecular flexibility index (Phi) is 8.40. The van der Waals surface area contributed by atoms with Crippen molar-refractivity contribution in [2.45, 2.75) is 32.6 Å². The van der Waals surface area contributed by atoms with Crippen molar-refractivity contribution in [3.8, 4) is 0 Å². The van der Waals surface area contributed by atoms with E-state index in [1.165, 1.54) is 0 Å². The van der Waals surface area contributed by atoms with Crippen molar-refractivity contribution in [2.24, 2.45) is 5.16 Å². The summed E-state index contributed by atoms with van der Waals surface area (Å²) in [6.07, 6.45) is 3.46. The largest absolute Gasteiger partial charge is 0.411 e. The van der Waals surface area contributed by atoms with Crippen LogP contribution in [0.5, 0.6) is 0 Å². The van der Waals surface area contributed by atoms with Gasteiger partial charge >= 0.3 is 0 Å². The van der Waals surface area contributed by atoms with Crippen LogP contribution >= 0.6 is 35.6 Å². The summed E-state index contributed by atoms with van der Waals surface area (Å²) in [7, 11) is 0. The van der Waals surface area contributed by atoms with Crippen molar-refractivity contribution in [1.29, 1.82) is 0 Å². The minimum Gasteiger partial charge on any atom is -0.411 e. The Morgan fingerprint density at radius 3 is 2.53 bits per heavy atom. The molecule has 1 N–H and O–H groups in total. The van der Waals surface area contributed by atoms with E-state index in [0.717, 1.165) is 37.0 Å². The molecule has 1 aromatic carbocycles. The molecule has 0 saturated carbocycles.